The second-order valence-electron chi connectivity index (χ2n) is 2.91. The van der Waals surface area contributed by atoms with Crippen LogP contribution in [0.3, 0.4) is 0 Å². The first kappa shape index (κ1) is 8.25. The Bertz CT molecular complexity index is 526. The van der Waals surface area contributed by atoms with Gasteiger partial charge in [0, 0.05) is 11.1 Å². The van der Waals surface area contributed by atoms with E-state index >= 15 is 0 Å². The van der Waals surface area contributed by atoms with Gasteiger partial charge < -0.3 is 5.73 Å². The van der Waals surface area contributed by atoms with Crippen molar-refractivity contribution in [3.05, 3.63) is 27.1 Å². The molecule has 4 nitrogen and oxygen atoms in total. The minimum atomic E-state index is -0.174. The van der Waals surface area contributed by atoms with E-state index in [0.29, 0.717) is 10.7 Å². The van der Waals surface area contributed by atoms with E-state index in [0.717, 1.165) is 4.88 Å². The average molecular weight is 195 g/mol. The van der Waals surface area contributed by atoms with Crippen LogP contribution in [0.15, 0.2) is 11.0 Å². The molecule has 68 valence electrons. The van der Waals surface area contributed by atoms with Crippen molar-refractivity contribution in [2.75, 3.05) is 5.73 Å². The van der Waals surface area contributed by atoms with E-state index in [1.165, 1.54) is 15.7 Å². The predicted molar refractivity (Wildman–Crippen MR) is 53.2 cm³/mol. The summed E-state index contributed by atoms with van der Waals surface area (Å²) >= 11 is 1.49. The second kappa shape index (κ2) is 2.56. The zero-order valence-electron chi connectivity index (χ0n) is 7.37. The van der Waals surface area contributed by atoms with Gasteiger partial charge in [0.15, 0.2) is 4.96 Å². The average Bonchev–Trinajstić information content (AvgIpc) is 2.42. The maximum atomic E-state index is 11.6. The molecule has 0 aromatic carbocycles. The number of thiazole rings is 1. The number of hydrogen-bond acceptors (Lipinski definition) is 4. The molecular weight excluding hydrogens is 186 g/mol. The zero-order valence-corrected chi connectivity index (χ0v) is 8.18. The first-order valence-corrected chi connectivity index (χ1v) is 4.66. The third-order valence-electron chi connectivity index (χ3n) is 1.87. The molecule has 0 spiro atoms. The molecule has 0 amide bonds. The predicted octanol–water partition coefficient (Wildman–Crippen LogP) is 0.955. The van der Waals surface area contributed by atoms with Gasteiger partial charge in [-0.05, 0) is 13.8 Å². The Morgan fingerprint density at radius 2 is 2.23 bits per heavy atom. The van der Waals surface area contributed by atoms with Gasteiger partial charge in [0.25, 0.3) is 5.56 Å². The molecule has 0 saturated heterocycles. The van der Waals surface area contributed by atoms with E-state index in [2.05, 4.69) is 4.98 Å². The molecule has 0 atom stereocenters. The fraction of sp³-hybridized carbons (Fsp3) is 0.250. The number of nitrogens with zero attached hydrogens (tertiary/aromatic N) is 2. The molecule has 0 unspecified atom stereocenters. The van der Waals surface area contributed by atoms with E-state index in [1.807, 2.05) is 6.92 Å². The topological polar surface area (TPSA) is 60.4 Å². The van der Waals surface area contributed by atoms with Crippen molar-refractivity contribution >= 4 is 22.0 Å². The van der Waals surface area contributed by atoms with Crippen LogP contribution in [0.4, 0.5) is 5.69 Å². The monoisotopic (exact) mass is 195 g/mol. The van der Waals surface area contributed by atoms with Gasteiger partial charge in [-0.2, -0.15) is 0 Å². The lowest BCUT2D eigenvalue weighted by atomic mass is 10.4. The lowest BCUT2D eigenvalue weighted by Crippen LogP contribution is -2.18. The maximum absolute atomic E-state index is 11.6. The standard InChI is InChI=1S/C8H9N3OS/c1-4-3-11-7(12)6(9)5(2)10-8(11)13-4/h3H,9H2,1-2H3. The number of hydrogen-bond donors (Lipinski definition) is 1. The Morgan fingerprint density at radius 3 is 2.92 bits per heavy atom. The van der Waals surface area contributed by atoms with Crippen LogP contribution in [0.25, 0.3) is 4.96 Å². The maximum Gasteiger partial charge on any atom is 0.281 e. The largest absolute Gasteiger partial charge is 0.393 e. The van der Waals surface area contributed by atoms with Gasteiger partial charge in [-0.25, -0.2) is 4.98 Å². The van der Waals surface area contributed by atoms with Gasteiger partial charge in [0.2, 0.25) is 0 Å². The van der Waals surface area contributed by atoms with Crippen LogP contribution < -0.4 is 11.3 Å². The SMILES string of the molecule is Cc1cn2c(=O)c(N)c(C)nc2s1. The number of nitrogen functional groups attached to an aromatic ring is 1. The fourth-order valence-electron chi connectivity index (χ4n) is 1.17. The Kier molecular flexibility index (Phi) is 1.63. The summed E-state index contributed by atoms with van der Waals surface area (Å²) in [6.07, 6.45) is 1.76. The van der Waals surface area contributed by atoms with E-state index < -0.39 is 0 Å². The summed E-state index contributed by atoms with van der Waals surface area (Å²) in [6.45, 7) is 3.68. The van der Waals surface area contributed by atoms with Crippen LogP contribution >= 0.6 is 11.3 Å². The summed E-state index contributed by atoms with van der Waals surface area (Å²) in [4.78, 5) is 17.5. The molecule has 0 fully saturated rings. The molecule has 2 rings (SSSR count). The van der Waals surface area contributed by atoms with Crippen molar-refractivity contribution in [1.82, 2.24) is 9.38 Å². The molecule has 0 saturated carbocycles. The minimum absolute atomic E-state index is 0.174. The van der Waals surface area contributed by atoms with Gasteiger partial charge in [-0.15, -0.1) is 11.3 Å². The highest BCUT2D eigenvalue weighted by atomic mass is 32.1. The smallest absolute Gasteiger partial charge is 0.281 e. The number of rotatable bonds is 0. The number of nitrogens with two attached hydrogens (primary N) is 1. The van der Waals surface area contributed by atoms with Crippen LogP contribution in [-0.2, 0) is 0 Å². The van der Waals surface area contributed by atoms with E-state index in [-0.39, 0.29) is 11.2 Å². The third kappa shape index (κ3) is 1.12. The second-order valence-corrected chi connectivity index (χ2v) is 4.12. The van der Waals surface area contributed by atoms with Crippen molar-refractivity contribution < 1.29 is 0 Å². The molecule has 2 heterocycles. The van der Waals surface area contributed by atoms with E-state index in [9.17, 15) is 4.79 Å². The summed E-state index contributed by atoms with van der Waals surface area (Å²) in [6, 6.07) is 0. The van der Waals surface area contributed by atoms with Gasteiger partial charge in [-0.3, -0.25) is 9.20 Å². The normalized spacial score (nSPS) is 10.9. The summed E-state index contributed by atoms with van der Waals surface area (Å²) in [5, 5.41) is 0. The Labute approximate surface area is 78.7 Å². The van der Waals surface area contributed by atoms with Gasteiger partial charge in [0.1, 0.15) is 5.69 Å². The first-order valence-electron chi connectivity index (χ1n) is 3.84. The summed E-state index contributed by atoms with van der Waals surface area (Å²) in [5.74, 6) is 0. The van der Waals surface area contributed by atoms with Crippen LogP contribution in [0, 0.1) is 13.8 Å². The minimum Gasteiger partial charge on any atom is -0.393 e. The Morgan fingerprint density at radius 1 is 1.54 bits per heavy atom. The lowest BCUT2D eigenvalue weighted by Gasteiger charge is -1.97. The molecule has 0 aliphatic carbocycles. The van der Waals surface area contributed by atoms with Crippen LogP contribution in [-0.4, -0.2) is 9.38 Å². The van der Waals surface area contributed by atoms with Crippen molar-refractivity contribution in [2.45, 2.75) is 13.8 Å². The molecule has 2 aromatic rings. The van der Waals surface area contributed by atoms with Crippen LogP contribution in [0.2, 0.25) is 0 Å². The summed E-state index contributed by atoms with van der Waals surface area (Å²) < 4.78 is 1.49. The Hall–Kier alpha value is -1.36. The van der Waals surface area contributed by atoms with Crippen LogP contribution in [0.5, 0.6) is 0 Å². The molecule has 2 aromatic heterocycles. The van der Waals surface area contributed by atoms with Gasteiger partial charge >= 0.3 is 0 Å². The molecule has 13 heavy (non-hydrogen) atoms. The van der Waals surface area contributed by atoms with Crippen molar-refractivity contribution in [1.29, 1.82) is 0 Å². The molecule has 0 aliphatic rings. The molecule has 2 N–H and O–H groups in total. The highest BCUT2D eigenvalue weighted by Crippen LogP contribution is 2.14. The van der Waals surface area contributed by atoms with Gasteiger partial charge in [0.05, 0.1) is 5.69 Å². The lowest BCUT2D eigenvalue weighted by molar-refractivity contribution is 1.05. The van der Waals surface area contributed by atoms with Gasteiger partial charge in [-0.1, -0.05) is 0 Å². The van der Waals surface area contributed by atoms with E-state index in [4.69, 9.17) is 5.73 Å². The summed E-state index contributed by atoms with van der Waals surface area (Å²) in [5.41, 5.74) is 6.23. The molecule has 0 radical (unpaired) electrons. The van der Waals surface area contributed by atoms with Crippen molar-refractivity contribution in [2.24, 2.45) is 0 Å². The van der Waals surface area contributed by atoms with E-state index in [1.54, 1.807) is 13.1 Å². The van der Waals surface area contributed by atoms with Crippen molar-refractivity contribution in [3.63, 3.8) is 0 Å². The number of aromatic nitrogens is 2. The molecule has 5 heteroatoms. The molecule has 0 bridgehead atoms. The number of anilines is 1. The number of aryl methyl sites for hydroxylation is 2. The Balaban J connectivity index is 3.01. The summed E-state index contributed by atoms with van der Waals surface area (Å²) in [7, 11) is 0. The zero-order chi connectivity index (χ0) is 9.59. The van der Waals surface area contributed by atoms with Crippen molar-refractivity contribution in [3.8, 4) is 0 Å². The third-order valence-corrected chi connectivity index (χ3v) is 2.77. The molecular formula is C8H9N3OS. The number of fused-ring (bicyclic) bond motifs is 1. The molecule has 0 aliphatic heterocycles. The fourth-order valence-corrected chi connectivity index (χ4v) is 2.03. The highest BCUT2D eigenvalue weighted by molar-refractivity contribution is 7.16. The van der Waals surface area contributed by atoms with Crippen LogP contribution in [0.1, 0.15) is 10.6 Å². The highest BCUT2D eigenvalue weighted by Gasteiger charge is 2.07. The first-order chi connectivity index (χ1) is 6.09. The quantitative estimate of drug-likeness (QED) is 0.681.